The zero-order valence-electron chi connectivity index (χ0n) is 21.6. The van der Waals surface area contributed by atoms with Gasteiger partial charge in [0, 0.05) is 50.0 Å². The van der Waals surface area contributed by atoms with Crippen molar-refractivity contribution in [2.75, 3.05) is 31.1 Å². The minimum absolute atomic E-state index is 0.0509. The summed E-state index contributed by atoms with van der Waals surface area (Å²) in [7, 11) is 0. The Morgan fingerprint density at radius 2 is 1.84 bits per heavy atom. The molecule has 2 fully saturated rings. The number of anilines is 1. The molecule has 0 unspecified atom stereocenters. The van der Waals surface area contributed by atoms with Crippen molar-refractivity contribution in [3.8, 4) is 11.9 Å². The molecule has 1 aromatic carbocycles. The molecule has 1 amide bonds. The number of likely N-dealkylation sites (tertiary alicyclic amines) is 1. The van der Waals surface area contributed by atoms with Gasteiger partial charge in [0.15, 0.2) is 11.5 Å². The molecule has 3 atom stereocenters. The number of benzene rings is 1. The highest BCUT2D eigenvalue weighted by molar-refractivity contribution is 5.79. The van der Waals surface area contributed by atoms with E-state index >= 15 is 0 Å². The van der Waals surface area contributed by atoms with Gasteiger partial charge in [-0.3, -0.25) is 4.79 Å². The predicted molar refractivity (Wildman–Crippen MR) is 140 cm³/mol. The Bertz CT molecular complexity index is 1280. The maximum atomic E-state index is 13.7. The lowest BCUT2D eigenvalue weighted by atomic mass is 9.85. The Hall–Kier alpha value is -4.06. The van der Waals surface area contributed by atoms with Crippen LogP contribution < -0.4 is 9.64 Å². The van der Waals surface area contributed by atoms with Gasteiger partial charge in [-0.2, -0.15) is 5.26 Å². The zero-order chi connectivity index (χ0) is 26.6. The molecule has 4 heterocycles. The van der Waals surface area contributed by atoms with Crippen LogP contribution in [0.15, 0.2) is 54.7 Å². The van der Waals surface area contributed by atoms with E-state index in [1.807, 2.05) is 24.0 Å². The molecule has 0 N–H and O–H groups in total. The monoisotopic (exact) mass is 514 g/mol. The van der Waals surface area contributed by atoms with E-state index in [-0.39, 0.29) is 29.8 Å². The van der Waals surface area contributed by atoms with Crippen LogP contribution in [0.4, 0.5) is 10.2 Å². The van der Waals surface area contributed by atoms with Crippen LogP contribution in [0.3, 0.4) is 0 Å². The van der Waals surface area contributed by atoms with Gasteiger partial charge in [-0.15, -0.1) is 10.2 Å². The molecule has 9 heteroatoms. The molecule has 0 radical (unpaired) electrons. The van der Waals surface area contributed by atoms with E-state index in [9.17, 15) is 9.18 Å². The number of rotatable bonds is 6. The minimum Gasteiger partial charge on any atom is -0.474 e. The number of hydrogen-bond donors (Lipinski definition) is 0. The summed E-state index contributed by atoms with van der Waals surface area (Å²) in [6.07, 6.45) is 2.42. The fourth-order valence-electron chi connectivity index (χ4n) is 5.53. The van der Waals surface area contributed by atoms with Crippen molar-refractivity contribution < 1.29 is 13.9 Å². The van der Waals surface area contributed by atoms with Gasteiger partial charge >= 0.3 is 0 Å². The summed E-state index contributed by atoms with van der Waals surface area (Å²) < 4.78 is 19.5. The average Bonchev–Trinajstić information content (AvgIpc) is 3.40. The van der Waals surface area contributed by atoms with Gasteiger partial charge < -0.3 is 14.5 Å². The van der Waals surface area contributed by atoms with Crippen molar-refractivity contribution >= 4 is 11.7 Å². The first-order valence-electron chi connectivity index (χ1n) is 13.0. The molecular formula is C29H31FN6O2. The smallest absolute Gasteiger partial charge is 0.225 e. The molecule has 0 aliphatic carbocycles. The van der Waals surface area contributed by atoms with Crippen molar-refractivity contribution in [1.82, 2.24) is 20.1 Å². The summed E-state index contributed by atoms with van der Waals surface area (Å²) in [6.45, 7) is 6.73. The second-order valence-corrected chi connectivity index (χ2v) is 10.2. The number of aryl methyl sites for hydroxylation is 1. The zero-order valence-corrected chi connectivity index (χ0v) is 21.6. The van der Waals surface area contributed by atoms with Crippen LogP contribution in [-0.2, 0) is 4.79 Å². The molecule has 0 bridgehead atoms. The number of carbonyl (C=O) groups is 1. The average molecular weight is 515 g/mol. The van der Waals surface area contributed by atoms with Crippen LogP contribution in [-0.4, -0.2) is 58.3 Å². The number of piperidine rings is 1. The number of carbonyl (C=O) groups excluding carboxylic acids is 1. The summed E-state index contributed by atoms with van der Waals surface area (Å²) in [6, 6.07) is 16.8. The van der Waals surface area contributed by atoms with E-state index in [1.165, 1.54) is 23.3 Å². The van der Waals surface area contributed by atoms with Crippen LogP contribution >= 0.6 is 0 Å². The van der Waals surface area contributed by atoms with Gasteiger partial charge in [0.25, 0.3) is 0 Å². The highest BCUT2D eigenvalue weighted by Crippen LogP contribution is 2.38. The summed E-state index contributed by atoms with van der Waals surface area (Å²) in [4.78, 5) is 21.8. The summed E-state index contributed by atoms with van der Waals surface area (Å²) in [5.41, 5.74) is 2.67. The van der Waals surface area contributed by atoms with Gasteiger partial charge in [0.2, 0.25) is 11.8 Å². The van der Waals surface area contributed by atoms with E-state index in [2.05, 4.69) is 51.3 Å². The number of hydrogen-bond acceptors (Lipinski definition) is 7. The van der Waals surface area contributed by atoms with Gasteiger partial charge in [0.05, 0.1) is 6.20 Å². The van der Waals surface area contributed by atoms with E-state index in [0.717, 1.165) is 24.9 Å². The lowest BCUT2D eigenvalue weighted by Crippen LogP contribution is -2.42. The maximum absolute atomic E-state index is 13.7. The predicted octanol–water partition coefficient (Wildman–Crippen LogP) is 4.12. The van der Waals surface area contributed by atoms with Gasteiger partial charge in [0.1, 0.15) is 18.0 Å². The van der Waals surface area contributed by atoms with Crippen LogP contribution in [0.25, 0.3) is 0 Å². The highest BCUT2D eigenvalue weighted by atomic mass is 19.1. The SMILES string of the molecule is Cc1ccc([C@H]2CN(C(=O)C3CCN(c4ccc(C#N)nn4)CC3)C[C@@H]2[C@H](C)Oc2ccc(F)cn2)cc1. The van der Waals surface area contributed by atoms with Gasteiger partial charge in [-0.05, 0) is 50.5 Å². The lowest BCUT2D eigenvalue weighted by Gasteiger charge is -2.33. The van der Waals surface area contributed by atoms with Crippen molar-refractivity contribution in [1.29, 1.82) is 5.26 Å². The second kappa shape index (κ2) is 11.1. The fourth-order valence-corrected chi connectivity index (χ4v) is 5.53. The van der Waals surface area contributed by atoms with E-state index in [1.54, 1.807) is 6.07 Å². The third-order valence-corrected chi connectivity index (χ3v) is 7.73. The van der Waals surface area contributed by atoms with Crippen molar-refractivity contribution in [3.05, 3.63) is 77.4 Å². The topological polar surface area (TPSA) is 95.2 Å². The largest absolute Gasteiger partial charge is 0.474 e. The molecule has 3 aromatic rings. The number of ether oxygens (including phenoxy) is 1. The number of nitriles is 1. The number of pyridine rings is 1. The number of halogens is 1. The van der Waals surface area contributed by atoms with E-state index in [0.29, 0.717) is 37.8 Å². The Kier molecular flexibility index (Phi) is 7.50. The lowest BCUT2D eigenvalue weighted by molar-refractivity contribution is -0.135. The standard InChI is InChI=1S/C29H31FN6O2/c1-19-3-5-21(6-4-19)26-18-36(17-25(26)20(2)38-28-10-7-23(30)16-32-28)29(37)22-11-13-35(14-12-22)27-9-8-24(15-31)33-34-27/h3-10,16,20,22,25-26H,11-14,17-18H2,1-2H3/t20-,25+,26+/m0/s1. The molecule has 5 rings (SSSR count). The third kappa shape index (κ3) is 5.59. The first-order chi connectivity index (χ1) is 18.4. The Balaban J connectivity index is 1.27. The fraction of sp³-hybridized carbons (Fsp3) is 0.414. The maximum Gasteiger partial charge on any atom is 0.225 e. The van der Waals surface area contributed by atoms with Gasteiger partial charge in [-0.1, -0.05) is 29.8 Å². The summed E-state index contributed by atoms with van der Waals surface area (Å²) >= 11 is 0. The molecule has 2 aliphatic rings. The summed E-state index contributed by atoms with van der Waals surface area (Å²) in [5, 5.41) is 17.0. The van der Waals surface area contributed by atoms with Gasteiger partial charge in [-0.25, -0.2) is 9.37 Å². The van der Waals surface area contributed by atoms with Crippen molar-refractivity contribution in [2.45, 2.75) is 38.7 Å². The van der Waals surface area contributed by atoms with E-state index in [4.69, 9.17) is 10.00 Å². The third-order valence-electron chi connectivity index (χ3n) is 7.73. The van der Waals surface area contributed by atoms with Crippen LogP contribution in [0.5, 0.6) is 5.88 Å². The summed E-state index contributed by atoms with van der Waals surface area (Å²) in [5.74, 6) is 1.04. The molecular weight excluding hydrogens is 483 g/mol. The Morgan fingerprint density at radius 1 is 1.08 bits per heavy atom. The number of nitrogens with zero attached hydrogens (tertiary/aromatic N) is 6. The number of amides is 1. The highest BCUT2D eigenvalue weighted by Gasteiger charge is 2.42. The first kappa shape index (κ1) is 25.6. The quantitative estimate of drug-likeness (QED) is 0.488. The van der Waals surface area contributed by atoms with Crippen LogP contribution in [0, 0.1) is 35.9 Å². The van der Waals surface area contributed by atoms with Crippen molar-refractivity contribution in [2.24, 2.45) is 11.8 Å². The Morgan fingerprint density at radius 3 is 2.47 bits per heavy atom. The molecule has 2 aromatic heterocycles. The molecule has 2 saturated heterocycles. The molecule has 8 nitrogen and oxygen atoms in total. The van der Waals surface area contributed by atoms with E-state index < -0.39 is 5.82 Å². The molecule has 38 heavy (non-hydrogen) atoms. The minimum atomic E-state index is -0.405. The molecule has 0 saturated carbocycles. The normalized spacial score (nSPS) is 20.7. The molecule has 2 aliphatic heterocycles. The van der Waals surface area contributed by atoms with Crippen molar-refractivity contribution in [3.63, 3.8) is 0 Å². The number of aromatic nitrogens is 3. The van der Waals surface area contributed by atoms with Crippen LogP contribution in [0.1, 0.15) is 42.5 Å². The second-order valence-electron chi connectivity index (χ2n) is 10.2. The molecule has 0 spiro atoms. The Labute approximate surface area is 222 Å². The first-order valence-corrected chi connectivity index (χ1v) is 13.0. The molecule has 196 valence electrons. The van der Waals surface area contributed by atoms with Crippen LogP contribution in [0.2, 0.25) is 0 Å².